The van der Waals surface area contributed by atoms with Gasteiger partial charge in [-0.1, -0.05) is 23.7 Å². The van der Waals surface area contributed by atoms with Gasteiger partial charge in [-0.15, -0.1) is 0 Å². The van der Waals surface area contributed by atoms with Crippen LogP contribution in [0, 0.1) is 12.7 Å². The lowest BCUT2D eigenvalue weighted by atomic mass is 10.1. The van der Waals surface area contributed by atoms with Gasteiger partial charge in [0, 0.05) is 76.8 Å². The first-order valence-corrected chi connectivity index (χ1v) is 13.4. The second kappa shape index (κ2) is 10.8. The third kappa shape index (κ3) is 5.20. The molecule has 1 unspecified atom stereocenters. The maximum absolute atomic E-state index is 13.5. The van der Waals surface area contributed by atoms with Gasteiger partial charge < -0.3 is 19.3 Å². The Kier molecular flexibility index (Phi) is 7.45. The molecule has 2 fully saturated rings. The number of benzene rings is 2. The summed E-state index contributed by atoms with van der Waals surface area (Å²) in [5.74, 6) is -0.157. The predicted octanol–water partition coefficient (Wildman–Crippen LogP) is 4.97. The van der Waals surface area contributed by atoms with Gasteiger partial charge in [-0.3, -0.25) is 9.69 Å². The third-order valence-corrected chi connectivity index (χ3v) is 8.38. The van der Waals surface area contributed by atoms with Gasteiger partial charge in [0.2, 0.25) is 0 Å². The SMILES string of the molecule is Cc1c(C(C)N2CCN(c3ccccc3Cl)CC2)cc(C(=O)N2CCN(c3ccc(F)cc3)CC2)n1C. The Morgan fingerprint density at radius 1 is 0.892 bits per heavy atom. The number of hydrogen-bond donors (Lipinski definition) is 0. The van der Waals surface area contributed by atoms with E-state index in [1.165, 1.54) is 17.7 Å². The molecule has 37 heavy (non-hydrogen) atoms. The summed E-state index contributed by atoms with van der Waals surface area (Å²) < 4.78 is 15.3. The highest BCUT2D eigenvalue weighted by molar-refractivity contribution is 6.33. The molecule has 3 aromatic rings. The van der Waals surface area contributed by atoms with Crippen LogP contribution in [-0.2, 0) is 7.05 Å². The van der Waals surface area contributed by atoms with Crippen molar-refractivity contribution in [2.45, 2.75) is 19.9 Å². The average Bonchev–Trinajstić information content (AvgIpc) is 3.23. The molecule has 2 aliphatic rings. The molecule has 0 N–H and O–H groups in total. The van der Waals surface area contributed by atoms with Crippen LogP contribution in [0.5, 0.6) is 0 Å². The van der Waals surface area contributed by atoms with Crippen molar-refractivity contribution in [3.05, 3.63) is 82.4 Å². The van der Waals surface area contributed by atoms with Crippen molar-refractivity contribution in [3.8, 4) is 0 Å². The highest BCUT2D eigenvalue weighted by atomic mass is 35.5. The molecule has 1 aromatic heterocycles. The van der Waals surface area contributed by atoms with Gasteiger partial charge in [-0.25, -0.2) is 4.39 Å². The van der Waals surface area contributed by atoms with Gasteiger partial charge in [0.1, 0.15) is 11.5 Å². The number of aromatic nitrogens is 1. The van der Waals surface area contributed by atoms with E-state index in [4.69, 9.17) is 11.6 Å². The van der Waals surface area contributed by atoms with Crippen LogP contribution in [0.4, 0.5) is 15.8 Å². The normalized spacial score (nSPS) is 17.8. The number of rotatable bonds is 5. The summed E-state index contributed by atoms with van der Waals surface area (Å²) in [5.41, 5.74) is 5.18. The zero-order valence-electron chi connectivity index (χ0n) is 21.8. The summed E-state index contributed by atoms with van der Waals surface area (Å²) >= 11 is 6.42. The second-order valence-electron chi connectivity index (χ2n) is 10.0. The molecule has 5 rings (SSSR count). The average molecular weight is 524 g/mol. The standard InChI is InChI=1S/C29H35ClFN5O/c1-21-25(22(2)33-12-16-35(17-13-33)27-7-5-4-6-26(27)30)20-28(32(21)3)29(37)36-18-14-34(15-19-36)24-10-8-23(31)9-11-24/h4-11,20,22H,12-19H2,1-3H3. The molecule has 0 spiro atoms. The van der Waals surface area contributed by atoms with Crippen LogP contribution < -0.4 is 9.80 Å². The van der Waals surface area contributed by atoms with Crippen molar-refractivity contribution in [1.82, 2.24) is 14.4 Å². The Bertz CT molecular complexity index is 1240. The highest BCUT2D eigenvalue weighted by Crippen LogP contribution is 2.31. The number of carbonyl (C=O) groups is 1. The Hall–Kier alpha value is -3.03. The van der Waals surface area contributed by atoms with Crippen LogP contribution in [0.1, 0.15) is 34.7 Å². The number of nitrogens with zero attached hydrogens (tertiary/aromatic N) is 5. The van der Waals surface area contributed by atoms with E-state index >= 15 is 0 Å². The smallest absolute Gasteiger partial charge is 0.270 e. The Morgan fingerprint density at radius 3 is 2.16 bits per heavy atom. The van der Waals surface area contributed by atoms with Crippen molar-refractivity contribution < 1.29 is 9.18 Å². The van der Waals surface area contributed by atoms with E-state index in [0.29, 0.717) is 13.1 Å². The molecule has 1 atom stereocenters. The van der Waals surface area contributed by atoms with Crippen molar-refractivity contribution >= 4 is 28.9 Å². The van der Waals surface area contributed by atoms with Crippen LogP contribution in [0.3, 0.4) is 0 Å². The molecule has 0 aliphatic carbocycles. The summed E-state index contributed by atoms with van der Waals surface area (Å²) in [6, 6.07) is 16.9. The Labute approximate surface area is 223 Å². The molecule has 1 amide bonds. The summed E-state index contributed by atoms with van der Waals surface area (Å²) in [6.07, 6.45) is 0. The lowest BCUT2D eigenvalue weighted by Gasteiger charge is -2.39. The molecule has 2 aliphatic heterocycles. The minimum atomic E-state index is -0.232. The van der Waals surface area contributed by atoms with Crippen molar-refractivity contribution in [1.29, 1.82) is 0 Å². The fourth-order valence-corrected chi connectivity index (χ4v) is 5.84. The van der Waals surface area contributed by atoms with Gasteiger partial charge >= 0.3 is 0 Å². The number of para-hydroxylation sites is 1. The topological polar surface area (TPSA) is 35.0 Å². The zero-order chi connectivity index (χ0) is 26.1. The van der Waals surface area contributed by atoms with Crippen LogP contribution in [0.2, 0.25) is 5.02 Å². The summed E-state index contributed by atoms with van der Waals surface area (Å²) in [4.78, 5) is 22.5. The lowest BCUT2D eigenvalue weighted by Crippen LogP contribution is -2.49. The molecule has 2 aromatic carbocycles. The maximum Gasteiger partial charge on any atom is 0.270 e. The summed E-state index contributed by atoms with van der Waals surface area (Å²) in [7, 11) is 1.99. The molecular formula is C29H35ClFN5O. The maximum atomic E-state index is 13.5. The zero-order valence-corrected chi connectivity index (χ0v) is 22.6. The number of hydrogen-bond acceptors (Lipinski definition) is 4. The fraction of sp³-hybridized carbons (Fsp3) is 0.414. The van der Waals surface area contributed by atoms with Crippen molar-refractivity contribution in [2.24, 2.45) is 7.05 Å². The van der Waals surface area contributed by atoms with E-state index < -0.39 is 0 Å². The first-order valence-electron chi connectivity index (χ1n) is 13.0. The molecule has 8 heteroatoms. The Balaban J connectivity index is 1.22. The van der Waals surface area contributed by atoms with Crippen molar-refractivity contribution in [2.75, 3.05) is 62.2 Å². The van der Waals surface area contributed by atoms with Crippen LogP contribution in [0.15, 0.2) is 54.6 Å². The predicted molar refractivity (Wildman–Crippen MR) is 148 cm³/mol. The van der Waals surface area contributed by atoms with Gasteiger partial charge in [0.05, 0.1) is 10.7 Å². The molecular weight excluding hydrogens is 489 g/mol. The second-order valence-corrected chi connectivity index (χ2v) is 10.4. The Morgan fingerprint density at radius 2 is 1.51 bits per heavy atom. The van der Waals surface area contributed by atoms with E-state index in [1.807, 2.05) is 34.7 Å². The van der Waals surface area contributed by atoms with Gasteiger partial charge in [-0.2, -0.15) is 0 Å². The molecule has 0 saturated carbocycles. The number of halogens is 2. The molecule has 196 valence electrons. The minimum Gasteiger partial charge on any atom is -0.368 e. The minimum absolute atomic E-state index is 0.0753. The first-order chi connectivity index (χ1) is 17.8. The van der Waals surface area contributed by atoms with Crippen molar-refractivity contribution in [3.63, 3.8) is 0 Å². The van der Waals surface area contributed by atoms with E-state index in [2.05, 4.69) is 40.7 Å². The largest absolute Gasteiger partial charge is 0.368 e. The highest BCUT2D eigenvalue weighted by Gasteiger charge is 2.29. The molecule has 3 heterocycles. The van der Waals surface area contributed by atoms with E-state index in [0.717, 1.165) is 67.1 Å². The van der Waals surface area contributed by atoms with Crippen LogP contribution >= 0.6 is 11.6 Å². The van der Waals surface area contributed by atoms with E-state index in [9.17, 15) is 9.18 Å². The first kappa shape index (κ1) is 25.6. The number of carbonyl (C=O) groups excluding carboxylic acids is 1. The monoisotopic (exact) mass is 523 g/mol. The fourth-order valence-electron chi connectivity index (χ4n) is 5.59. The summed E-state index contributed by atoms with van der Waals surface area (Å²) in [5, 5.41) is 0.796. The molecule has 0 bridgehead atoms. The lowest BCUT2D eigenvalue weighted by molar-refractivity contribution is 0.0737. The van der Waals surface area contributed by atoms with Crippen LogP contribution in [-0.4, -0.2) is 72.6 Å². The number of amides is 1. The van der Waals surface area contributed by atoms with E-state index in [-0.39, 0.29) is 17.8 Å². The molecule has 2 saturated heterocycles. The molecule has 0 radical (unpaired) electrons. The van der Waals surface area contributed by atoms with Gasteiger partial charge in [0.15, 0.2) is 0 Å². The van der Waals surface area contributed by atoms with Gasteiger partial charge in [-0.05, 0) is 61.9 Å². The third-order valence-electron chi connectivity index (χ3n) is 8.06. The van der Waals surface area contributed by atoms with Crippen LogP contribution in [0.25, 0.3) is 0 Å². The van der Waals surface area contributed by atoms with E-state index in [1.54, 1.807) is 12.1 Å². The molecule has 6 nitrogen and oxygen atoms in total. The van der Waals surface area contributed by atoms with Gasteiger partial charge in [0.25, 0.3) is 5.91 Å². The number of piperazine rings is 2. The summed E-state index contributed by atoms with van der Waals surface area (Å²) in [6.45, 7) is 10.8. The quantitative estimate of drug-likeness (QED) is 0.473. The number of anilines is 2.